The van der Waals surface area contributed by atoms with E-state index >= 15 is 0 Å². The number of furan rings is 2. The zero-order chi connectivity index (χ0) is 40.0. The third kappa shape index (κ3) is 5.43. The zero-order valence-corrected chi connectivity index (χ0v) is 33.3. The predicted octanol–water partition coefficient (Wildman–Crippen LogP) is 16.5. The van der Waals surface area contributed by atoms with Gasteiger partial charge in [-0.3, -0.25) is 0 Å². The molecule has 13 aromatic rings. The van der Waals surface area contributed by atoms with E-state index in [0.717, 1.165) is 94.3 Å². The Kier molecular flexibility index (Phi) is 7.41. The van der Waals surface area contributed by atoms with Gasteiger partial charge in [-0.25, -0.2) is 4.98 Å². The number of hydrogen-bond donors (Lipinski definition) is 0. The highest BCUT2D eigenvalue weighted by Crippen LogP contribution is 2.44. The van der Waals surface area contributed by atoms with Gasteiger partial charge in [0.15, 0.2) is 5.58 Å². The maximum absolute atomic E-state index is 6.74. The number of rotatable bonds is 6. The van der Waals surface area contributed by atoms with Crippen LogP contribution in [0.3, 0.4) is 0 Å². The van der Waals surface area contributed by atoms with Crippen LogP contribution in [0.15, 0.2) is 207 Å². The molecule has 0 fully saturated rings. The summed E-state index contributed by atoms with van der Waals surface area (Å²) in [7, 11) is 0. The fourth-order valence-corrected chi connectivity index (χ4v) is 10.2. The van der Waals surface area contributed by atoms with E-state index in [2.05, 4.69) is 169 Å². The number of nitrogens with zero attached hydrogens (tertiary/aromatic N) is 2. The fourth-order valence-electron chi connectivity index (χ4n) is 9.02. The summed E-state index contributed by atoms with van der Waals surface area (Å²) < 4.78 is 22.0. The average Bonchev–Trinajstić information content (AvgIpc) is 4.10. The van der Waals surface area contributed by atoms with Gasteiger partial charge in [-0.2, -0.15) is 0 Å². The molecule has 0 aliphatic heterocycles. The van der Waals surface area contributed by atoms with Gasteiger partial charge < -0.3 is 18.2 Å². The van der Waals surface area contributed by atoms with Gasteiger partial charge in [-0.15, -0.1) is 11.3 Å². The lowest BCUT2D eigenvalue weighted by Gasteiger charge is -2.26. The van der Waals surface area contributed by atoms with Crippen LogP contribution >= 0.6 is 11.3 Å². The monoisotopic (exact) mass is 800 g/mol. The predicted molar refractivity (Wildman–Crippen MR) is 252 cm³/mol. The van der Waals surface area contributed by atoms with Crippen LogP contribution in [0.1, 0.15) is 0 Å². The second kappa shape index (κ2) is 13.3. The molecule has 286 valence electrons. The van der Waals surface area contributed by atoms with Crippen LogP contribution in [-0.2, 0) is 0 Å². The summed E-state index contributed by atoms with van der Waals surface area (Å²) in [6, 6.07) is 68.0. The summed E-state index contributed by atoms with van der Waals surface area (Å²) in [5, 5.41) is 6.57. The van der Waals surface area contributed by atoms with E-state index < -0.39 is 0 Å². The maximum atomic E-state index is 6.74. The molecule has 61 heavy (non-hydrogen) atoms. The quantitative estimate of drug-likeness (QED) is 0.168. The summed E-state index contributed by atoms with van der Waals surface area (Å²) in [6.07, 6.45) is 0. The molecule has 9 aromatic carbocycles. The van der Waals surface area contributed by atoms with Crippen molar-refractivity contribution < 1.29 is 13.3 Å². The van der Waals surface area contributed by atoms with Crippen molar-refractivity contribution in [1.82, 2.24) is 4.98 Å². The van der Waals surface area contributed by atoms with Gasteiger partial charge in [0.05, 0.1) is 10.9 Å². The minimum absolute atomic E-state index is 0.607. The lowest BCUT2D eigenvalue weighted by Crippen LogP contribution is -2.10. The van der Waals surface area contributed by atoms with E-state index in [0.29, 0.717) is 5.89 Å². The summed E-state index contributed by atoms with van der Waals surface area (Å²) in [6.45, 7) is 0. The maximum Gasteiger partial charge on any atom is 0.228 e. The number of anilines is 3. The van der Waals surface area contributed by atoms with Crippen molar-refractivity contribution in [3.8, 4) is 33.7 Å². The molecular weight excluding hydrogens is 769 g/mol. The average molecular weight is 801 g/mol. The first-order valence-corrected chi connectivity index (χ1v) is 21.2. The number of para-hydroxylation sites is 1. The SMILES string of the molecule is c1ccc(-c2ccc(N(c3cccc(-c4ccc5oc6ccc7nc(-c8cccc9c8sc8ccccc89)oc7c6c5c4)c3)c3ccc4c(c3)oc3ccccc34)cc2)cc1. The molecule has 4 aromatic heterocycles. The Bertz CT molecular complexity index is 3840. The highest BCUT2D eigenvalue weighted by atomic mass is 32.1. The lowest BCUT2D eigenvalue weighted by atomic mass is 10.0. The Hall–Kier alpha value is -7.93. The van der Waals surface area contributed by atoms with Crippen molar-refractivity contribution in [1.29, 1.82) is 0 Å². The number of fused-ring (bicyclic) bond motifs is 11. The van der Waals surface area contributed by atoms with Crippen molar-refractivity contribution in [2.45, 2.75) is 0 Å². The van der Waals surface area contributed by atoms with Gasteiger partial charge in [0, 0.05) is 59.5 Å². The second-order valence-corrected chi connectivity index (χ2v) is 16.5. The van der Waals surface area contributed by atoms with Gasteiger partial charge in [0.25, 0.3) is 0 Å². The normalized spacial score (nSPS) is 11.9. The summed E-state index contributed by atoms with van der Waals surface area (Å²) in [5.74, 6) is 0.607. The standard InChI is InChI=1S/C55H32N2O3S/c1-2-10-33(11-3-1)34-20-23-37(24-21-34)57(39-25-26-41-40-14-4-6-18-47(40)59-50(41)32-39)38-13-8-12-35(30-38)36-22-28-48-45(31-36)52-49(58-48)29-27-46-53(52)60-55(56-46)44-17-9-16-43-42-15-5-7-19-51(42)61-54(43)44/h1-32H. The Balaban J connectivity index is 0.935. The Morgan fingerprint density at radius 1 is 0.393 bits per heavy atom. The van der Waals surface area contributed by atoms with Gasteiger partial charge in [0.2, 0.25) is 5.89 Å². The molecule has 0 spiro atoms. The molecule has 0 amide bonds. The molecule has 0 N–H and O–H groups in total. The second-order valence-electron chi connectivity index (χ2n) is 15.5. The Morgan fingerprint density at radius 2 is 1.05 bits per heavy atom. The largest absolute Gasteiger partial charge is 0.456 e. The van der Waals surface area contributed by atoms with Crippen LogP contribution in [0.25, 0.3) is 109 Å². The van der Waals surface area contributed by atoms with E-state index in [-0.39, 0.29) is 0 Å². The van der Waals surface area contributed by atoms with Crippen LogP contribution in [0.5, 0.6) is 0 Å². The van der Waals surface area contributed by atoms with Crippen LogP contribution in [0, 0.1) is 0 Å². The molecule has 6 heteroatoms. The number of aromatic nitrogens is 1. The Labute approximate surface area is 352 Å². The Morgan fingerprint density at radius 3 is 1.97 bits per heavy atom. The summed E-state index contributed by atoms with van der Waals surface area (Å²) in [5.41, 5.74) is 13.4. The third-order valence-corrected chi connectivity index (χ3v) is 13.1. The molecule has 0 radical (unpaired) electrons. The molecule has 0 aliphatic carbocycles. The van der Waals surface area contributed by atoms with Crippen molar-refractivity contribution in [2.75, 3.05) is 4.90 Å². The smallest absolute Gasteiger partial charge is 0.228 e. The first-order valence-electron chi connectivity index (χ1n) is 20.3. The van der Waals surface area contributed by atoms with Gasteiger partial charge in [-0.1, -0.05) is 109 Å². The molecule has 4 heterocycles. The van der Waals surface area contributed by atoms with Gasteiger partial charge in [0.1, 0.15) is 27.8 Å². The van der Waals surface area contributed by atoms with Gasteiger partial charge in [-0.05, 0) is 101 Å². The minimum atomic E-state index is 0.607. The molecular formula is C55H32N2O3S. The number of benzene rings is 9. The first-order chi connectivity index (χ1) is 30.2. The molecule has 0 saturated carbocycles. The van der Waals surface area contributed by atoms with E-state index in [1.165, 1.54) is 25.7 Å². The minimum Gasteiger partial charge on any atom is -0.456 e. The van der Waals surface area contributed by atoms with Crippen LogP contribution < -0.4 is 4.90 Å². The van der Waals surface area contributed by atoms with Crippen molar-refractivity contribution in [3.05, 3.63) is 194 Å². The van der Waals surface area contributed by atoms with E-state index in [4.69, 9.17) is 18.2 Å². The van der Waals surface area contributed by atoms with E-state index in [9.17, 15) is 0 Å². The third-order valence-electron chi connectivity index (χ3n) is 11.9. The molecule has 0 aliphatic rings. The van der Waals surface area contributed by atoms with E-state index in [1.807, 2.05) is 30.3 Å². The fraction of sp³-hybridized carbons (Fsp3) is 0. The number of oxazole rings is 1. The highest BCUT2D eigenvalue weighted by Gasteiger charge is 2.21. The number of hydrogen-bond acceptors (Lipinski definition) is 6. The van der Waals surface area contributed by atoms with Gasteiger partial charge >= 0.3 is 0 Å². The summed E-state index contributed by atoms with van der Waals surface area (Å²) in [4.78, 5) is 7.35. The molecule has 0 atom stereocenters. The van der Waals surface area contributed by atoms with Crippen molar-refractivity contribution in [3.63, 3.8) is 0 Å². The summed E-state index contributed by atoms with van der Waals surface area (Å²) >= 11 is 1.77. The van der Waals surface area contributed by atoms with Crippen LogP contribution in [0.2, 0.25) is 0 Å². The lowest BCUT2D eigenvalue weighted by molar-refractivity contribution is 0.623. The molecule has 0 bridgehead atoms. The highest BCUT2D eigenvalue weighted by molar-refractivity contribution is 7.26. The molecule has 13 rings (SSSR count). The van der Waals surface area contributed by atoms with Crippen molar-refractivity contribution in [2.24, 2.45) is 0 Å². The topological polar surface area (TPSA) is 55.6 Å². The van der Waals surface area contributed by atoms with Crippen LogP contribution in [0.4, 0.5) is 17.1 Å². The van der Waals surface area contributed by atoms with E-state index in [1.54, 1.807) is 11.3 Å². The van der Waals surface area contributed by atoms with Crippen LogP contribution in [-0.4, -0.2) is 4.98 Å². The number of thiophene rings is 1. The first kappa shape index (κ1) is 34.0. The molecule has 0 unspecified atom stereocenters. The molecule has 0 saturated heterocycles. The zero-order valence-electron chi connectivity index (χ0n) is 32.5. The molecule has 5 nitrogen and oxygen atoms in total. The van der Waals surface area contributed by atoms with Crippen molar-refractivity contribution >= 4 is 104 Å².